The molecule has 14 aromatic rings. The van der Waals surface area contributed by atoms with E-state index in [1.807, 2.05) is 121 Å². The lowest BCUT2D eigenvalue weighted by Gasteiger charge is -2.36. The second-order valence-electron chi connectivity index (χ2n) is 21.7. The molecule has 0 saturated carbocycles. The zero-order valence-electron chi connectivity index (χ0n) is 49.4. The summed E-state index contributed by atoms with van der Waals surface area (Å²) >= 11 is 0. The Morgan fingerprint density at radius 2 is 0.560 bits per heavy atom. The fraction of sp³-hybridized carbons (Fsp3) is 0.0370. The van der Waals surface area contributed by atoms with Crippen LogP contribution in [0.1, 0.15) is 56.0 Å². The maximum Gasteiger partial charge on any atom is 0.123 e. The number of benzene rings is 14. The predicted molar refractivity (Wildman–Crippen MR) is 363 cm³/mol. The highest BCUT2D eigenvalue weighted by atomic mass is 16.3. The summed E-state index contributed by atoms with van der Waals surface area (Å²) < 4.78 is 0. The van der Waals surface area contributed by atoms with Gasteiger partial charge in [-0.15, -0.1) is 0 Å². The third kappa shape index (κ3) is 15.5. The van der Waals surface area contributed by atoms with Crippen LogP contribution in [0, 0.1) is 0 Å². The van der Waals surface area contributed by atoms with Crippen molar-refractivity contribution in [1.82, 2.24) is 0 Å². The second-order valence-corrected chi connectivity index (χ2v) is 21.7. The number of phenols is 10. The van der Waals surface area contributed by atoms with Gasteiger partial charge in [0.2, 0.25) is 0 Å². The topological polar surface area (TPSA) is 202 Å². The van der Waals surface area contributed by atoms with Crippen molar-refractivity contribution in [2.75, 3.05) is 0 Å². The van der Waals surface area contributed by atoms with Gasteiger partial charge in [0.15, 0.2) is 0 Å². The van der Waals surface area contributed by atoms with Crippen molar-refractivity contribution in [1.29, 1.82) is 0 Å². The van der Waals surface area contributed by atoms with Crippen LogP contribution in [0.4, 0.5) is 0 Å². The number of hydrogen-bond donors (Lipinski definition) is 10. The fourth-order valence-corrected chi connectivity index (χ4v) is 11.1. The zero-order chi connectivity index (χ0) is 63.7. The lowest BCUT2D eigenvalue weighted by molar-refractivity contribution is 0.473. The Labute approximate surface area is 527 Å². The first kappa shape index (κ1) is 61.9. The minimum absolute atomic E-state index is 0.0206. The highest BCUT2D eigenvalue weighted by Crippen LogP contribution is 2.46. The van der Waals surface area contributed by atoms with Gasteiger partial charge in [0, 0.05) is 11.3 Å². The summed E-state index contributed by atoms with van der Waals surface area (Å²) in [7, 11) is 0. The van der Waals surface area contributed by atoms with E-state index in [1.54, 1.807) is 140 Å². The first-order valence-electron chi connectivity index (χ1n) is 29.3. The van der Waals surface area contributed by atoms with Crippen molar-refractivity contribution in [3.63, 3.8) is 0 Å². The molecule has 0 aliphatic rings. The average Bonchev–Trinajstić information content (AvgIpc) is 1.06. The fourth-order valence-electron chi connectivity index (χ4n) is 11.1. The van der Waals surface area contributed by atoms with Gasteiger partial charge in [-0.05, 0) is 205 Å². The Morgan fingerprint density at radius 3 is 1.01 bits per heavy atom. The monoisotopic (exact) mass is 1200 g/mol. The lowest BCUT2D eigenvalue weighted by Crippen LogP contribution is -2.30. The highest BCUT2D eigenvalue weighted by Gasteiger charge is 2.38. The SMILES string of the molecule is Oc1ccc(C(c2ccc(O)cc2)c2cccc3ccccc23)cc1.Oc1ccc(C(c2ccccc2)(c2ccccc2)c2ccc(O)cc2)cc1.Oc1ccc(Cc2ccc(O)cc2)cc1.Oc1ccc2c(O)cccc2c1.Oc1ccc2cc(O)ccc2c1. The van der Waals surface area contributed by atoms with E-state index >= 15 is 0 Å². The summed E-state index contributed by atoms with van der Waals surface area (Å²) in [6, 6.07) is 99.1. The Kier molecular flexibility index (Phi) is 19.8. The van der Waals surface area contributed by atoms with Crippen molar-refractivity contribution < 1.29 is 51.1 Å². The van der Waals surface area contributed by atoms with Crippen LogP contribution in [0.25, 0.3) is 32.3 Å². The standard InChI is InChI=1S/C25H20O2.C23H18O2.C13H12O2.2C10H8O2/c26-23-15-11-21(12-16-23)25(19-7-3-1-4-8-19,20-9-5-2-6-10-20)22-13-17-24(27)18-14-22;24-19-12-8-17(9-13-19)23(18-10-14-20(25)15-11-18)22-7-3-5-16-4-1-2-6-21(16)22;14-12-5-1-10(2-6-12)9-11-3-7-13(15)8-4-11;11-9-3-1-7-5-10(12)4-2-8(7)6-9;11-8-4-5-9-7(6-8)2-1-3-10(9)12/h1-18,26-27H;1-15,23-25H;1-8,14-15H,9H2;2*1-6,11-12H. The van der Waals surface area contributed by atoms with Crippen molar-refractivity contribution >= 4 is 32.3 Å². The molecule has 14 aromatic carbocycles. The van der Waals surface area contributed by atoms with Crippen LogP contribution in [0.5, 0.6) is 57.5 Å². The molecule has 10 N–H and O–H groups in total. The summed E-state index contributed by atoms with van der Waals surface area (Å²) in [5.74, 6) is 2.51. The maximum atomic E-state index is 9.84. The summed E-state index contributed by atoms with van der Waals surface area (Å²) in [5, 5.41) is 99.9. The minimum Gasteiger partial charge on any atom is -0.508 e. The van der Waals surface area contributed by atoms with Crippen LogP contribution in [0.2, 0.25) is 0 Å². The largest absolute Gasteiger partial charge is 0.508 e. The van der Waals surface area contributed by atoms with Crippen molar-refractivity contribution in [2.45, 2.75) is 17.8 Å². The van der Waals surface area contributed by atoms with Gasteiger partial charge in [0.1, 0.15) is 57.5 Å². The number of aromatic hydroxyl groups is 10. The minimum atomic E-state index is -0.566. The maximum absolute atomic E-state index is 9.84. The number of fused-ring (bicyclic) bond motifs is 3. The van der Waals surface area contributed by atoms with E-state index in [0.29, 0.717) is 0 Å². The summed E-state index contributed by atoms with van der Waals surface area (Å²) in [5.41, 5.74) is 9.43. The molecule has 0 spiro atoms. The van der Waals surface area contributed by atoms with Crippen LogP contribution in [0.15, 0.2) is 322 Å². The molecule has 450 valence electrons. The van der Waals surface area contributed by atoms with E-state index in [9.17, 15) is 25.5 Å². The van der Waals surface area contributed by atoms with Gasteiger partial charge in [-0.2, -0.15) is 0 Å². The quantitative estimate of drug-likeness (QED) is 0.0620. The number of rotatable bonds is 9. The van der Waals surface area contributed by atoms with Gasteiger partial charge >= 0.3 is 0 Å². The number of hydrogen-bond acceptors (Lipinski definition) is 10. The molecule has 0 heterocycles. The molecule has 0 amide bonds. The first-order chi connectivity index (χ1) is 44.2. The van der Waals surface area contributed by atoms with Crippen molar-refractivity contribution in [3.8, 4) is 57.5 Å². The van der Waals surface area contributed by atoms with Gasteiger partial charge < -0.3 is 51.1 Å². The first-order valence-corrected chi connectivity index (χ1v) is 29.3. The van der Waals surface area contributed by atoms with Crippen molar-refractivity contribution in [3.05, 3.63) is 372 Å². The summed E-state index contributed by atoms with van der Waals surface area (Å²) in [4.78, 5) is 0. The Balaban J connectivity index is 0.000000130. The molecule has 0 aromatic heterocycles. The Morgan fingerprint density at radius 1 is 0.231 bits per heavy atom. The van der Waals surface area contributed by atoms with Crippen LogP contribution in [0.3, 0.4) is 0 Å². The van der Waals surface area contributed by atoms with E-state index < -0.39 is 5.41 Å². The van der Waals surface area contributed by atoms with Gasteiger partial charge in [0.25, 0.3) is 0 Å². The molecule has 0 atom stereocenters. The normalized spacial score (nSPS) is 10.8. The van der Waals surface area contributed by atoms with Gasteiger partial charge in [-0.25, -0.2) is 0 Å². The molecular weight excluding hydrogens is 1130 g/mol. The van der Waals surface area contributed by atoms with E-state index in [-0.39, 0.29) is 63.4 Å². The molecule has 0 radical (unpaired) electrons. The highest BCUT2D eigenvalue weighted by molar-refractivity contribution is 5.89. The second kappa shape index (κ2) is 29.0. The summed E-state index contributed by atoms with van der Waals surface area (Å²) in [6.45, 7) is 0. The molecule has 10 heteroatoms. The van der Waals surface area contributed by atoms with Crippen molar-refractivity contribution in [2.24, 2.45) is 0 Å². The Hall–Kier alpha value is -12.1. The van der Waals surface area contributed by atoms with Crippen LogP contribution < -0.4 is 0 Å². The van der Waals surface area contributed by atoms with E-state index in [2.05, 4.69) is 60.7 Å². The number of phenolic OH excluding ortho intramolecular Hbond substituents is 10. The molecule has 0 bridgehead atoms. The van der Waals surface area contributed by atoms with Gasteiger partial charge in [-0.1, -0.05) is 200 Å². The molecular formula is C81H66O10. The van der Waals surface area contributed by atoms with E-state index in [0.717, 1.165) is 72.5 Å². The average molecular weight is 1200 g/mol. The molecule has 10 nitrogen and oxygen atoms in total. The predicted octanol–water partition coefficient (Wildman–Crippen LogP) is 18.1. The molecule has 0 aliphatic carbocycles. The summed E-state index contributed by atoms with van der Waals surface area (Å²) in [6.07, 6.45) is 0.806. The van der Waals surface area contributed by atoms with Crippen LogP contribution >= 0.6 is 0 Å². The molecule has 91 heavy (non-hydrogen) atoms. The van der Waals surface area contributed by atoms with E-state index in [4.69, 9.17) is 25.5 Å². The smallest absolute Gasteiger partial charge is 0.123 e. The van der Waals surface area contributed by atoms with Gasteiger partial charge in [0.05, 0.1) is 5.41 Å². The molecule has 0 aliphatic heterocycles. The van der Waals surface area contributed by atoms with Crippen LogP contribution in [-0.2, 0) is 11.8 Å². The zero-order valence-corrected chi connectivity index (χ0v) is 49.4. The third-order valence-corrected chi connectivity index (χ3v) is 15.5. The van der Waals surface area contributed by atoms with Gasteiger partial charge in [-0.3, -0.25) is 0 Å². The molecule has 0 unspecified atom stereocenters. The van der Waals surface area contributed by atoms with E-state index in [1.165, 1.54) is 16.3 Å². The third-order valence-electron chi connectivity index (χ3n) is 15.5. The van der Waals surface area contributed by atoms with Crippen LogP contribution in [-0.4, -0.2) is 51.1 Å². The molecule has 0 fully saturated rings. The lowest BCUT2D eigenvalue weighted by atomic mass is 9.65. The molecule has 14 rings (SSSR count). The molecule has 0 saturated heterocycles. The Bertz CT molecular complexity index is 4400.